The number of rotatable bonds is 5. The molecule has 0 radical (unpaired) electrons. The van der Waals surface area contributed by atoms with E-state index < -0.39 is 36.4 Å². The van der Waals surface area contributed by atoms with Crippen LogP contribution in [0, 0.1) is 13.8 Å². The van der Waals surface area contributed by atoms with Crippen LogP contribution in [0.15, 0.2) is 28.8 Å². The molecule has 0 saturated heterocycles. The number of nitrogens with one attached hydrogen (secondary N) is 1. The number of carbonyl (C=O) groups is 1. The molecule has 2 N–H and O–H groups in total. The molecule has 0 aliphatic rings. The molecule has 2 aromatic heterocycles. The molecule has 1 unspecified atom stereocenters. The Balaban J connectivity index is 2.08. The molecule has 6 nitrogen and oxygen atoms in total. The molecule has 0 bridgehead atoms. The first-order valence-corrected chi connectivity index (χ1v) is 7.07. The van der Waals surface area contributed by atoms with Gasteiger partial charge < -0.3 is 14.8 Å². The first-order valence-electron chi connectivity index (χ1n) is 7.07. The van der Waals surface area contributed by atoms with Crippen molar-refractivity contribution in [1.29, 1.82) is 0 Å². The van der Waals surface area contributed by atoms with Crippen LogP contribution in [0.2, 0.25) is 0 Å². The average Bonchev–Trinajstić information content (AvgIpc) is 2.92. The highest BCUT2D eigenvalue weighted by atomic mass is 19.4. The predicted octanol–water partition coefficient (Wildman–Crippen LogP) is 2.26. The second-order valence-corrected chi connectivity index (χ2v) is 5.26. The van der Waals surface area contributed by atoms with Crippen molar-refractivity contribution in [2.75, 3.05) is 6.54 Å². The number of hydrogen-bond donors (Lipinski definition) is 2. The first kappa shape index (κ1) is 17.9. The molecule has 0 aromatic carbocycles. The van der Waals surface area contributed by atoms with Crippen LogP contribution in [0.3, 0.4) is 0 Å². The third kappa shape index (κ3) is 3.73. The van der Waals surface area contributed by atoms with Crippen LogP contribution in [0.25, 0.3) is 0 Å². The number of hydrogen-bond acceptors (Lipinski definition) is 5. The van der Waals surface area contributed by atoms with Gasteiger partial charge in [0.05, 0.1) is 0 Å². The van der Waals surface area contributed by atoms with Crippen molar-refractivity contribution in [1.82, 2.24) is 15.3 Å². The molecule has 0 fully saturated rings. The summed E-state index contributed by atoms with van der Waals surface area (Å²) in [5, 5.41) is 12.4. The normalized spacial score (nSPS) is 14.2. The fraction of sp³-hybridized carbons (Fsp3) is 0.400. The van der Waals surface area contributed by atoms with Crippen molar-refractivity contribution in [3.8, 4) is 0 Å². The molecule has 0 saturated carbocycles. The standard InChI is InChI=1S/C15H16F3N3O3/c1-9-3-4-12(24-9)14(23,15(16,17)18)6-8-20-13(22)11-5-7-19-10(2)21-11/h3-5,7,23H,6,8H2,1-2H3,(H,20,22). The largest absolute Gasteiger partial charge is 0.463 e. The Morgan fingerprint density at radius 3 is 2.54 bits per heavy atom. The topological polar surface area (TPSA) is 88.2 Å². The smallest absolute Gasteiger partial charge is 0.424 e. The van der Waals surface area contributed by atoms with E-state index in [1.165, 1.54) is 25.3 Å². The zero-order valence-corrected chi connectivity index (χ0v) is 13.0. The minimum Gasteiger partial charge on any atom is -0.463 e. The molecule has 0 spiro atoms. The minimum atomic E-state index is -4.95. The van der Waals surface area contributed by atoms with Crippen LogP contribution in [0.4, 0.5) is 13.2 Å². The van der Waals surface area contributed by atoms with Crippen molar-refractivity contribution in [3.05, 3.63) is 47.4 Å². The van der Waals surface area contributed by atoms with Crippen LogP contribution in [-0.2, 0) is 5.60 Å². The highest BCUT2D eigenvalue weighted by molar-refractivity contribution is 5.92. The number of halogens is 3. The van der Waals surface area contributed by atoms with Gasteiger partial charge in [-0.1, -0.05) is 0 Å². The van der Waals surface area contributed by atoms with Gasteiger partial charge in [-0.3, -0.25) is 4.79 Å². The summed E-state index contributed by atoms with van der Waals surface area (Å²) in [7, 11) is 0. The van der Waals surface area contributed by atoms with E-state index in [4.69, 9.17) is 4.42 Å². The van der Waals surface area contributed by atoms with Gasteiger partial charge in [-0.05, 0) is 32.0 Å². The fourth-order valence-corrected chi connectivity index (χ4v) is 2.09. The highest BCUT2D eigenvalue weighted by Gasteiger charge is 2.56. The van der Waals surface area contributed by atoms with E-state index in [1.54, 1.807) is 6.92 Å². The molecular weight excluding hydrogens is 327 g/mol. The van der Waals surface area contributed by atoms with Gasteiger partial charge in [0.1, 0.15) is 23.0 Å². The van der Waals surface area contributed by atoms with Gasteiger partial charge in [-0.15, -0.1) is 0 Å². The van der Waals surface area contributed by atoms with Crippen LogP contribution in [0.5, 0.6) is 0 Å². The van der Waals surface area contributed by atoms with Crippen LogP contribution in [0.1, 0.15) is 34.3 Å². The Morgan fingerprint density at radius 2 is 2.00 bits per heavy atom. The Kier molecular flexibility index (Phi) is 4.93. The van der Waals surface area contributed by atoms with Gasteiger partial charge in [0.15, 0.2) is 0 Å². The molecule has 2 rings (SSSR count). The van der Waals surface area contributed by atoms with E-state index in [2.05, 4.69) is 15.3 Å². The number of aliphatic hydroxyl groups is 1. The van der Waals surface area contributed by atoms with E-state index in [1.807, 2.05) is 0 Å². The summed E-state index contributed by atoms with van der Waals surface area (Å²) in [5.74, 6) is -0.658. The molecule has 9 heteroatoms. The van der Waals surface area contributed by atoms with E-state index in [9.17, 15) is 23.1 Å². The Hall–Kier alpha value is -2.42. The summed E-state index contributed by atoms with van der Waals surface area (Å²) in [6.45, 7) is 2.63. The zero-order valence-electron chi connectivity index (χ0n) is 13.0. The maximum absolute atomic E-state index is 13.3. The van der Waals surface area contributed by atoms with Gasteiger partial charge in [-0.25, -0.2) is 9.97 Å². The monoisotopic (exact) mass is 343 g/mol. The molecule has 1 atom stereocenters. The Morgan fingerprint density at radius 1 is 1.29 bits per heavy atom. The summed E-state index contributed by atoms with van der Waals surface area (Å²) in [5.41, 5.74) is -3.15. The Bertz CT molecular complexity index is 730. The van der Waals surface area contributed by atoms with E-state index in [0.717, 1.165) is 6.07 Å². The van der Waals surface area contributed by atoms with Crippen LogP contribution >= 0.6 is 0 Å². The van der Waals surface area contributed by atoms with Crippen LogP contribution < -0.4 is 5.32 Å². The Labute approximate surface area is 135 Å². The molecule has 0 aliphatic carbocycles. The molecular formula is C15H16F3N3O3. The van der Waals surface area contributed by atoms with E-state index in [-0.39, 0.29) is 11.5 Å². The predicted molar refractivity (Wildman–Crippen MR) is 77.1 cm³/mol. The summed E-state index contributed by atoms with van der Waals surface area (Å²) in [6.07, 6.45) is -4.37. The average molecular weight is 343 g/mol. The summed E-state index contributed by atoms with van der Waals surface area (Å²) in [6, 6.07) is 3.74. The number of alkyl halides is 3. The van der Waals surface area contributed by atoms with Gasteiger partial charge in [-0.2, -0.15) is 13.2 Å². The van der Waals surface area contributed by atoms with Crippen molar-refractivity contribution in [2.45, 2.75) is 32.0 Å². The molecule has 0 aliphatic heterocycles. The van der Waals surface area contributed by atoms with Crippen molar-refractivity contribution in [3.63, 3.8) is 0 Å². The third-order valence-electron chi connectivity index (χ3n) is 3.40. The number of carbonyl (C=O) groups excluding carboxylic acids is 1. The first-order chi connectivity index (χ1) is 11.1. The number of amides is 1. The minimum absolute atomic E-state index is 0.0342. The molecule has 1 amide bonds. The number of aromatic nitrogens is 2. The summed E-state index contributed by atoms with van der Waals surface area (Å²) >= 11 is 0. The lowest BCUT2D eigenvalue weighted by Crippen LogP contribution is -2.44. The van der Waals surface area contributed by atoms with Crippen molar-refractivity contribution in [2.24, 2.45) is 0 Å². The van der Waals surface area contributed by atoms with E-state index in [0.29, 0.717) is 5.82 Å². The lowest BCUT2D eigenvalue weighted by Gasteiger charge is -2.28. The van der Waals surface area contributed by atoms with Crippen LogP contribution in [-0.4, -0.2) is 33.7 Å². The zero-order chi connectivity index (χ0) is 18.0. The number of nitrogens with zero attached hydrogens (tertiary/aromatic N) is 2. The SMILES string of the molecule is Cc1nccc(C(=O)NCCC(O)(c2ccc(C)o2)C(F)(F)F)n1. The molecule has 2 aromatic rings. The van der Waals surface area contributed by atoms with E-state index >= 15 is 0 Å². The molecule has 24 heavy (non-hydrogen) atoms. The fourth-order valence-electron chi connectivity index (χ4n) is 2.09. The molecule has 2 heterocycles. The summed E-state index contributed by atoms with van der Waals surface area (Å²) in [4.78, 5) is 19.6. The quantitative estimate of drug-likeness (QED) is 0.869. The maximum atomic E-state index is 13.3. The summed E-state index contributed by atoms with van der Waals surface area (Å²) < 4.78 is 44.7. The highest BCUT2D eigenvalue weighted by Crippen LogP contribution is 2.41. The maximum Gasteiger partial charge on any atom is 0.424 e. The van der Waals surface area contributed by atoms with Crippen molar-refractivity contribution >= 4 is 5.91 Å². The van der Waals surface area contributed by atoms with Gasteiger partial charge >= 0.3 is 6.18 Å². The van der Waals surface area contributed by atoms with Gasteiger partial charge in [0.2, 0.25) is 5.60 Å². The third-order valence-corrected chi connectivity index (χ3v) is 3.40. The van der Waals surface area contributed by atoms with Gasteiger partial charge in [0, 0.05) is 19.2 Å². The second-order valence-electron chi connectivity index (χ2n) is 5.26. The second kappa shape index (κ2) is 6.60. The molecule has 130 valence electrons. The lowest BCUT2D eigenvalue weighted by atomic mass is 9.95. The van der Waals surface area contributed by atoms with Gasteiger partial charge in [0.25, 0.3) is 5.91 Å². The lowest BCUT2D eigenvalue weighted by molar-refractivity contribution is -0.274. The number of furan rings is 1. The van der Waals surface area contributed by atoms with Crippen molar-refractivity contribution < 1.29 is 27.5 Å². The number of aryl methyl sites for hydroxylation is 2.